The molecular weight excluding hydrogens is 380 g/mol. The average Bonchev–Trinajstić information content (AvgIpc) is 2.80. The number of anilines is 1. The molecule has 3 aliphatic rings. The number of rotatable bonds is 6. The lowest BCUT2D eigenvalue weighted by molar-refractivity contribution is -0.159. The molecule has 30 heavy (non-hydrogen) atoms. The molecule has 3 atom stereocenters. The number of nitrogens with one attached hydrogen (secondary N) is 1. The molecule has 2 aliphatic heterocycles. The van der Waals surface area contributed by atoms with Gasteiger partial charge in [0.2, 0.25) is 0 Å². The Morgan fingerprint density at radius 1 is 1.10 bits per heavy atom. The van der Waals surface area contributed by atoms with Crippen LogP contribution in [0.5, 0.6) is 0 Å². The van der Waals surface area contributed by atoms with Crippen LogP contribution >= 0.6 is 0 Å². The molecule has 0 radical (unpaired) electrons. The van der Waals surface area contributed by atoms with E-state index >= 15 is 0 Å². The summed E-state index contributed by atoms with van der Waals surface area (Å²) in [4.78, 5) is 21.9. The van der Waals surface area contributed by atoms with Crippen molar-refractivity contribution in [1.82, 2.24) is 15.2 Å². The number of ether oxygens (including phenoxy) is 1. The van der Waals surface area contributed by atoms with Crippen molar-refractivity contribution in [1.29, 1.82) is 0 Å². The van der Waals surface area contributed by atoms with E-state index in [4.69, 9.17) is 4.74 Å². The Morgan fingerprint density at radius 2 is 1.90 bits per heavy atom. The van der Waals surface area contributed by atoms with E-state index in [0.29, 0.717) is 6.42 Å². The van der Waals surface area contributed by atoms with Crippen molar-refractivity contribution in [2.45, 2.75) is 75.7 Å². The molecule has 0 bridgehead atoms. The molecule has 0 spiro atoms. The Hall–Kier alpha value is -1.70. The largest absolute Gasteiger partial charge is 0.390 e. The molecule has 7 nitrogen and oxygen atoms in total. The van der Waals surface area contributed by atoms with Crippen LogP contribution in [0.25, 0.3) is 0 Å². The van der Waals surface area contributed by atoms with Gasteiger partial charge in [0.05, 0.1) is 12.2 Å². The van der Waals surface area contributed by atoms with Gasteiger partial charge in [-0.2, -0.15) is 0 Å². The molecule has 3 heterocycles. The van der Waals surface area contributed by atoms with E-state index < -0.39 is 12.2 Å². The Balaban J connectivity index is 1.20. The zero-order chi connectivity index (χ0) is 20.8. The third kappa shape index (κ3) is 5.71. The lowest BCUT2D eigenvalue weighted by atomic mass is 9.94. The minimum Gasteiger partial charge on any atom is -0.390 e. The third-order valence-corrected chi connectivity index (χ3v) is 6.80. The van der Waals surface area contributed by atoms with Crippen LogP contribution in [0.4, 0.5) is 5.82 Å². The van der Waals surface area contributed by atoms with Gasteiger partial charge < -0.3 is 20.1 Å². The van der Waals surface area contributed by atoms with Gasteiger partial charge in [-0.3, -0.25) is 9.69 Å². The number of hydrogen-bond acceptors (Lipinski definition) is 6. The maximum absolute atomic E-state index is 12.7. The lowest BCUT2D eigenvalue weighted by Gasteiger charge is -2.38. The van der Waals surface area contributed by atoms with Crippen LogP contribution in [0.1, 0.15) is 51.4 Å². The molecule has 3 fully saturated rings. The van der Waals surface area contributed by atoms with Crippen LogP contribution < -0.4 is 10.2 Å². The predicted molar refractivity (Wildman–Crippen MR) is 116 cm³/mol. The second-order valence-corrected chi connectivity index (χ2v) is 8.97. The molecule has 4 rings (SSSR count). The Labute approximate surface area is 179 Å². The first-order chi connectivity index (χ1) is 14.7. The van der Waals surface area contributed by atoms with Gasteiger partial charge in [0.1, 0.15) is 5.82 Å². The fourth-order valence-corrected chi connectivity index (χ4v) is 4.92. The van der Waals surface area contributed by atoms with Gasteiger partial charge in [-0.1, -0.05) is 25.3 Å². The first-order valence-corrected chi connectivity index (χ1v) is 11.7. The summed E-state index contributed by atoms with van der Waals surface area (Å²) >= 11 is 0. The number of pyridine rings is 1. The second kappa shape index (κ2) is 10.6. The second-order valence-electron chi connectivity index (χ2n) is 8.97. The molecule has 1 saturated carbocycles. The first-order valence-electron chi connectivity index (χ1n) is 11.7. The van der Waals surface area contributed by atoms with Gasteiger partial charge in [-0.05, 0) is 44.2 Å². The van der Waals surface area contributed by atoms with Crippen LogP contribution in [-0.4, -0.2) is 78.0 Å². The zero-order valence-corrected chi connectivity index (χ0v) is 17.9. The van der Waals surface area contributed by atoms with Crippen molar-refractivity contribution in [3.05, 3.63) is 24.4 Å². The molecule has 1 aromatic rings. The highest BCUT2D eigenvalue weighted by molar-refractivity contribution is 5.81. The minimum absolute atomic E-state index is 0.0457. The highest BCUT2D eigenvalue weighted by Crippen LogP contribution is 2.24. The Morgan fingerprint density at radius 3 is 2.63 bits per heavy atom. The summed E-state index contributed by atoms with van der Waals surface area (Å²) in [5.74, 6) is 0.927. The fourth-order valence-electron chi connectivity index (χ4n) is 4.92. The average molecular weight is 417 g/mol. The van der Waals surface area contributed by atoms with Gasteiger partial charge in [-0.25, -0.2) is 4.98 Å². The van der Waals surface area contributed by atoms with Crippen molar-refractivity contribution >= 4 is 11.7 Å². The number of aliphatic hydroxyl groups excluding tert-OH is 1. The number of carbonyl (C=O) groups excluding carboxylic acids is 1. The van der Waals surface area contributed by atoms with Crippen LogP contribution in [0.15, 0.2) is 24.4 Å². The number of aromatic nitrogens is 1. The molecule has 7 heteroatoms. The number of carbonyl (C=O) groups is 1. The van der Waals surface area contributed by atoms with Crippen molar-refractivity contribution in [2.75, 3.05) is 37.6 Å². The van der Waals surface area contributed by atoms with Crippen molar-refractivity contribution in [2.24, 2.45) is 0 Å². The maximum Gasteiger partial charge on any atom is 0.252 e. The molecular formula is C23H36N4O3. The smallest absolute Gasteiger partial charge is 0.252 e. The fraction of sp³-hybridized carbons (Fsp3) is 0.739. The molecule has 1 amide bonds. The van der Waals surface area contributed by atoms with Crippen LogP contribution in [0.3, 0.4) is 0 Å². The third-order valence-electron chi connectivity index (χ3n) is 6.80. The highest BCUT2D eigenvalue weighted by atomic mass is 16.5. The Kier molecular flexibility index (Phi) is 7.57. The van der Waals surface area contributed by atoms with Crippen molar-refractivity contribution < 1.29 is 14.6 Å². The van der Waals surface area contributed by atoms with E-state index in [0.717, 1.165) is 64.2 Å². The number of aliphatic hydroxyl groups is 1. The molecule has 3 unspecified atom stereocenters. The number of piperazine rings is 1. The summed E-state index contributed by atoms with van der Waals surface area (Å²) in [6.45, 7) is 4.95. The zero-order valence-electron chi connectivity index (χ0n) is 17.9. The molecule has 0 aromatic carbocycles. The molecule has 1 aliphatic carbocycles. The lowest BCUT2D eigenvalue weighted by Crippen LogP contribution is -2.52. The summed E-state index contributed by atoms with van der Waals surface area (Å²) in [5, 5.41) is 13.5. The molecule has 2 saturated heterocycles. The summed E-state index contributed by atoms with van der Waals surface area (Å²) < 4.78 is 6.07. The van der Waals surface area contributed by atoms with E-state index in [-0.39, 0.29) is 18.1 Å². The van der Waals surface area contributed by atoms with Gasteiger partial charge in [-0.15, -0.1) is 0 Å². The van der Waals surface area contributed by atoms with Gasteiger partial charge in [0.15, 0.2) is 6.10 Å². The van der Waals surface area contributed by atoms with Crippen LogP contribution in [-0.2, 0) is 9.53 Å². The minimum atomic E-state index is -0.716. The summed E-state index contributed by atoms with van der Waals surface area (Å²) in [5.41, 5.74) is 0. The number of nitrogens with zero attached hydrogens (tertiary/aromatic N) is 3. The Bertz CT molecular complexity index is 660. The molecule has 166 valence electrons. The maximum atomic E-state index is 12.7. The predicted octanol–water partition coefficient (Wildman–Crippen LogP) is 1.95. The van der Waals surface area contributed by atoms with E-state index in [9.17, 15) is 9.90 Å². The normalized spacial score (nSPS) is 29.0. The monoisotopic (exact) mass is 416 g/mol. The van der Waals surface area contributed by atoms with Crippen molar-refractivity contribution in [3.8, 4) is 0 Å². The van der Waals surface area contributed by atoms with Gasteiger partial charge >= 0.3 is 0 Å². The van der Waals surface area contributed by atoms with Crippen molar-refractivity contribution in [3.63, 3.8) is 0 Å². The number of amides is 1. The topological polar surface area (TPSA) is 77.9 Å². The van der Waals surface area contributed by atoms with E-state index in [1.54, 1.807) is 0 Å². The quantitative estimate of drug-likeness (QED) is 0.738. The first kappa shape index (κ1) is 21.5. The highest BCUT2D eigenvalue weighted by Gasteiger charge is 2.36. The van der Waals surface area contributed by atoms with E-state index in [2.05, 4.69) is 26.2 Å². The van der Waals surface area contributed by atoms with Gasteiger partial charge in [0, 0.05) is 45.0 Å². The van der Waals surface area contributed by atoms with E-state index in [1.165, 1.54) is 19.3 Å². The summed E-state index contributed by atoms with van der Waals surface area (Å²) in [6, 6.07) is 6.29. The summed E-state index contributed by atoms with van der Waals surface area (Å²) in [7, 11) is 0. The SMILES string of the molecule is O=C(NC1CCCCC1)C1OC(CCN2CCN(c3ccccn3)CC2)CCC1O. The summed E-state index contributed by atoms with van der Waals surface area (Å²) in [6.07, 6.45) is 8.55. The van der Waals surface area contributed by atoms with Gasteiger partial charge in [0.25, 0.3) is 5.91 Å². The molecule has 2 N–H and O–H groups in total. The van der Waals surface area contributed by atoms with E-state index in [1.807, 2.05) is 18.3 Å². The standard InChI is InChI=1S/C23H36N4O3/c28-20-10-9-19(30-22(20)23(29)25-18-6-2-1-3-7-18)11-13-26-14-16-27(17-15-26)21-8-4-5-12-24-21/h4-5,8,12,18-20,22,28H,1-3,6-7,9-11,13-17H2,(H,25,29). The van der Waals surface area contributed by atoms with Crippen LogP contribution in [0, 0.1) is 0 Å². The van der Waals surface area contributed by atoms with Crippen LogP contribution in [0.2, 0.25) is 0 Å². The number of hydrogen-bond donors (Lipinski definition) is 2. The molecule has 1 aromatic heterocycles.